The van der Waals surface area contributed by atoms with Gasteiger partial charge in [-0.1, -0.05) is 11.6 Å². The maximum Gasteiger partial charge on any atom is 0.146 e. The first-order chi connectivity index (χ1) is 5.70. The van der Waals surface area contributed by atoms with Crippen molar-refractivity contribution in [3.05, 3.63) is 26.8 Å². The molecule has 0 unspecified atom stereocenters. The van der Waals surface area contributed by atoms with E-state index in [0.29, 0.717) is 5.15 Å². The predicted molar refractivity (Wildman–Crippen MR) is 57.1 cm³/mol. The summed E-state index contributed by atoms with van der Waals surface area (Å²) < 4.78 is 2.07. The number of rotatable bonds is 0. The van der Waals surface area contributed by atoms with E-state index in [1.54, 1.807) is 17.5 Å². The van der Waals surface area contributed by atoms with Gasteiger partial charge in [0.2, 0.25) is 0 Å². The van der Waals surface area contributed by atoms with Gasteiger partial charge in [-0.2, -0.15) is 0 Å². The van der Waals surface area contributed by atoms with Crippen LogP contribution < -0.4 is 0 Å². The molecule has 0 aliphatic carbocycles. The second-order valence-corrected chi connectivity index (χ2v) is 4.61. The Hall–Kier alpha value is -0.120. The molecule has 2 aromatic heterocycles. The molecule has 2 aromatic rings. The van der Waals surface area contributed by atoms with Gasteiger partial charge < -0.3 is 0 Å². The maximum atomic E-state index is 5.92. The molecule has 12 heavy (non-hydrogen) atoms. The summed E-state index contributed by atoms with van der Waals surface area (Å²) in [6, 6.07) is 0. The monoisotopic (exact) mass is 261 g/mol. The van der Waals surface area contributed by atoms with Gasteiger partial charge >= 0.3 is 0 Å². The van der Waals surface area contributed by atoms with Crippen molar-refractivity contribution in [2.45, 2.75) is 6.92 Å². The van der Waals surface area contributed by atoms with E-state index in [4.69, 9.17) is 11.6 Å². The van der Waals surface area contributed by atoms with Gasteiger partial charge in [-0.25, -0.2) is 4.98 Å². The second kappa shape index (κ2) is 2.98. The molecule has 1 nitrogen and oxygen atoms in total. The normalized spacial score (nSPS) is 10.9. The van der Waals surface area contributed by atoms with Gasteiger partial charge in [0.25, 0.3) is 0 Å². The fourth-order valence-corrected chi connectivity index (χ4v) is 3.10. The summed E-state index contributed by atoms with van der Waals surface area (Å²) in [4.78, 5) is 4.05. The third-order valence-corrected chi connectivity index (χ3v) is 3.80. The molecule has 0 fully saturated rings. The van der Waals surface area contributed by atoms with Crippen LogP contribution in [-0.2, 0) is 0 Å². The summed E-state index contributed by atoms with van der Waals surface area (Å²) in [5.41, 5.74) is 1.24. The first-order valence-corrected chi connectivity index (χ1v) is 5.43. The number of hydrogen-bond acceptors (Lipinski definition) is 2. The van der Waals surface area contributed by atoms with E-state index in [0.717, 1.165) is 9.17 Å². The van der Waals surface area contributed by atoms with Crippen LogP contribution in [0.4, 0.5) is 0 Å². The van der Waals surface area contributed by atoms with Crippen LogP contribution in [0, 0.1) is 6.92 Å². The average Bonchev–Trinajstić information content (AvgIpc) is 2.42. The Labute approximate surface area is 87.5 Å². The van der Waals surface area contributed by atoms with Crippen LogP contribution in [0.2, 0.25) is 5.15 Å². The van der Waals surface area contributed by atoms with Crippen molar-refractivity contribution >= 4 is 49.0 Å². The fourth-order valence-electron chi connectivity index (χ4n) is 1.13. The van der Waals surface area contributed by atoms with Crippen molar-refractivity contribution in [2.24, 2.45) is 0 Å². The van der Waals surface area contributed by atoms with Crippen molar-refractivity contribution in [3.63, 3.8) is 0 Å². The zero-order valence-electron chi connectivity index (χ0n) is 6.27. The zero-order valence-corrected chi connectivity index (χ0v) is 9.42. The summed E-state index contributed by atoms with van der Waals surface area (Å²) in [6.07, 6.45) is 1.74. The molecule has 0 aliphatic rings. The van der Waals surface area contributed by atoms with Gasteiger partial charge in [0, 0.05) is 16.1 Å². The minimum absolute atomic E-state index is 0.589. The summed E-state index contributed by atoms with van der Waals surface area (Å²) in [5.74, 6) is 0. The number of halogens is 2. The topological polar surface area (TPSA) is 12.9 Å². The summed E-state index contributed by atoms with van der Waals surface area (Å²) in [6.45, 7) is 2.07. The standard InChI is InChI=1S/C8H5BrClNS/c1-4-3-12-7-6(4)5(9)2-11-8(7)10/h2-3H,1H3. The van der Waals surface area contributed by atoms with Gasteiger partial charge in [-0.3, -0.25) is 0 Å². The first kappa shape index (κ1) is 8.48. The number of aromatic nitrogens is 1. The molecule has 0 aromatic carbocycles. The third-order valence-electron chi connectivity index (χ3n) is 1.69. The summed E-state index contributed by atoms with van der Waals surface area (Å²) in [5, 5.41) is 3.86. The lowest BCUT2D eigenvalue weighted by Crippen LogP contribution is -1.77. The van der Waals surface area contributed by atoms with Crippen LogP contribution in [0.5, 0.6) is 0 Å². The van der Waals surface area contributed by atoms with Crippen molar-refractivity contribution in [2.75, 3.05) is 0 Å². The predicted octanol–water partition coefficient (Wildman–Crippen LogP) is 4.02. The highest BCUT2D eigenvalue weighted by molar-refractivity contribution is 9.10. The second-order valence-electron chi connectivity index (χ2n) is 2.52. The lowest BCUT2D eigenvalue weighted by molar-refractivity contribution is 1.35. The number of hydrogen-bond donors (Lipinski definition) is 0. The quantitative estimate of drug-likeness (QED) is 0.654. The molecule has 4 heteroatoms. The maximum absolute atomic E-state index is 5.92. The van der Waals surface area contributed by atoms with Gasteiger partial charge in [0.15, 0.2) is 0 Å². The van der Waals surface area contributed by atoms with E-state index >= 15 is 0 Å². The minimum Gasteiger partial charge on any atom is -0.242 e. The number of pyridine rings is 1. The van der Waals surface area contributed by atoms with E-state index in [2.05, 4.69) is 33.2 Å². The van der Waals surface area contributed by atoms with E-state index in [-0.39, 0.29) is 0 Å². The lowest BCUT2D eigenvalue weighted by Gasteiger charge is -1.96. The first-order valence-electron chi connectivity index (χ1n) is 3.38. The van der Waals surface area contributed by atoms with Gasteiger partial charge in [-0.05, 0) is 33.8 Å². The van der Waals surface area contributed by atoms with Gasteiger partial charge in [0.05, 0.1) is 4.70 Å². The molecule has 0 saturated carbocycles. The molecule has 62 valence electrons. The molecule has 0 bridgehead atoms. The Bertz CT molecular complexity index is 438. The van der Waals surface area contributed by atoms with Crippen molar-refractivity contribution in [1.29, 1.82) is 0 Å². The Morgan fingerprint density at radius 3 is 3.00 bits per heavy atom. The van der Waals surface area contributed by atoms with Crippen LogP contribution in [0.25, 0.3) is 10.1 Å². The molecule has 0 N–H and O–H groups in total. The van der Waals surface area contributed by atoms with Crippen LogP contribution in [0.15, 0.2) is 16.0 Å². The molecule has 0 radical (unpaired) electrons. The van der Waals surface area contributed by atoms with Crippen molar-refractivity contribution < 1.29 is 0 Å². The molecular weight excluding hydrogens is 258 g/mol. The van der Waals surface area contributed by atoms with Crippen LogP contribution in [-0.4, -0.2) is 4.98 Å². The van der Waals surface area contributed by atoms with Crippen LogP contribution >= 0.6 is 38.9 Å². The highest BCUT2D eigenvalue weighted by Crippen LogP contribution is 2.34. The zero-order chi connectivity index (χ0) is 8.72. The fraction of sp³-hybridized carbons (Fsp3) is 0.125. The van der Waals surface area contributed by atoms with Crippen LogP contribution in [0.3, 0.4) is 0 Å². The summed E-state index contributed by atoms with van der Waals surface area (Å²) in [7, 11) is 0. The van der Waals surface area contributed by atoms with E-state index in [9.17, 15) is 0 Å². The third kappa shape index (κ3) is 1.16. The van der Waals surface area contributed by atoms with E-state index in [1.165, 1.54) is 10.9 Å². The lowest BCUT2D eigenvalue weighted by atomic mass is 10.2. The van der Waals surface area contributed by atoms with Gasteiger partial charge in [-0.15, -0.1) is 11.3 Å². The molecule has 2 rings (SSSR count). The Kier molecular flexibility index (Phi) is 2.10. The number of aryl methyl sites for hydroxylation is 1. The number of nitrogens with zero attached hydrogens (tertiary/aromatic N) is 1. The molecule has 0 amide bonds. The molecule has 2 heterocycles. The molecule has 0 saturated heterocycles. The smallest absolute Gasteiger partial charge is 0.146 e. The summed E-state index contributed by atoms with van der Waals surface area (Å²) >= 11 is 11.0. The molecular formula is C8H5BrClNS. The largest absolute Gasteiger partial charge is 0.242 e. The number of thiophene rings is 1. The van der Waals surface area contributed by atoms with Crippen molar-refractivity contribution in [3.8, 4) is 0 Å². The van der Waals surface area contributed by atoms with E-state index in [1.807, 2.05) is 0 Å². The minimum atomic E-state index is 0.589. The van der Waals surface area contributed by atoms with E-state index < -0.39 is 0 Å². The Morgan fingerprint density at radius 1 is 1.58 bits per heavy atom. The average molecular weight is 263 g/mol. The molecule has 0 atom stereocenters. The van der Waals surface area contributed by atoms with Crippen LogP contribution in [0.1, 0.15) is 5.56 Å². The Morgan fingerprint density at radius 2 is 2.33 bits per heavy atom. The molecule has 0 spiro atoms. The highest BCUT2D eigenvalue weighted by atomic mass is 79.9. The highest BCUT2D eigenvalue weighted by Gasteiger charge is 2.07. The van der Waals surface area contributed by atoms with Gasteiger partial charge in [0.1, 0.15) is 5.15 Å². The Balaban J connectivity index is 2.98. The number of fused-ring (bicyclic) bond motifs is 1. The molecule has 0 aliphatic heterocycles. The van der Waals surface area contributed by atoms with Crippen molar-refractivity contribution in [1.82, 2.24) is 4.98 Å². The SMILES string of the molecule is Cc1csc2c(Cl)ncc(Br)c12.